The highest BCUT2D eigenvalue weighted by Gasteiger charge is 2.27. The maximum absolute atomic E-state index is 12.3. The number of nitro benzene ring substituents is 1. The van der Waals surface area contributed by atoms with Gasteiger partial charge in [0.05, 0.1) is 15.6 Å². The fraction of sp³-hybridized carbons (Fsp3) is 0.350. The third-order valence-corrected chi connectivity index (χ3v) is 5.07. The molecule has 148 valence electrons. The van der Waals surface area contributed by atoms with Crippen LogP contribution in [0.5, 0.6) is 5.75 Å². The topological polar surface area (TPSA) is 84.7 Å². The molecule has 1 atom stereocenters. The third kappa shape index (κ3) is 4.72. The second kappa shape index (κ2) is 8.93. The number of carbonyl (C=O) groups excluding carboxylic acids is 1. The summed E-state index contributed by atoms with van der Waals surface area (Å²) in [5.74, 6) is 0.188. The van der Waals surface area contributed by atoms with Crippen molar-refractivity contribution < 1.29 is 14.5 Å². The van der Waals surface area contributed by atoms with E-state index >= 15 is 0 Å². The Hall–Kier alpha value is -2.80. The van der Waals surface area contributed by atoms with Crippen molar-refractivity contribution in [3.05, 3.63) is 57.6 Å². The number of amides is 1. The maximum atomic E-state index is 12.3. The van der Waals surface area contributed by atoms with Gasteiger partial charge in [0.15, 0.2) is 6.61 Å². The summed E-state index contributed by atoms with van der Waals surface area (Å²) in [6, 6.07) is 12.0. The lowest BCUT2D eigenvalue weighted by atomic mass is 10.0. The van der Waals surface area contributed by atoms with Crippen LogP contribution in [0, 0.1) is 10.1 Å². The molecule has 1 aliphatic heterocycles. The van der Waals surface area contributed by atoms with Crippen LogP contribution in [-0.4, -0.2) is 30.0 Å². The van der Waals surface area contributed by atoms with Crippen LogP contribution in [0.25, 0.3) is 0 Å². The highest BCUT2D eigenvalue weighted by molar-refractivity contribution is 6.34. The SMILES string of the molecule is CC1CCCCN1c1cc(NC(=O)COc2ccccc2)c(Cl)cc1[N+](=O)[O-]. The summed E-state index contributed by atoms with van der Waals surface area (Å²) in [5.41, 5.74) is 0.750. The number of nitrogens with zero attached hydrogens (tertiary/aromatic N) is 2. The van der Waals surface area contributed by atoms with Crippen LogP contribution in [0.15, 0.2) is 42.5 Å². The Labute approximate surface area is 168 Å². The number of rotatable bonds is 6. The standard InChI is InChI=1S/C20H22ClN3O4/c1-14-7-5-6-10-23(14)18-12-17(16(21)11-19(18)24(26)27)22-20(25)13-28-15-8-3-2-4-9-15/h2-4,8-9,11-12,14H,5-7,10,13H2,1H3,(H,22,25). The van der Waals surface area contributed by atoms with Crippen LogP contribution in [0.4, 0.5) is 17.1 Å². The number of benzene rings is 2. The maximum Gasteiger partial charge on any atom is 0.294 e. The van der Waals surface area contributed by atoms with Gasteiger partial charge in [0.25, 0.3) is 11.6 Å². The van der Waals surface area contributed by atoms with Gasteiger partial charge in [-0.2, -0.15) is 0 Å². The first-order valence-electron chi connectivity index (χ1n) is 9.18. The summed E-state index contributed by atoms with van der Waals surface area (Å²) in [6.45, 7) is 2.59. The zero-order valence-corrected chi connectivity index (χ0v) is 16.3. The number of nitro groups is 1. The van der Waals surface area contributed by atoms with Gasteiger partial charge in [-0.15, -0.1) is 0 Å². The highest BCUT2D eigenvalue weighted by Crippen LogP contribution is 2.39. The summed E-state index contributed by atoms with van der Waals surface area (Å²) in [4.78, 5) is 25.4. The molecule has 0 bridgehead atoms. The first-order valence-corrected chi connectivity index (χ1v) is 9.56. The Morgan fingerprint density at radius 2 is 2.07 bits per heavy atom. The molecule has 2 aromatic rings. The number of halogens is 1. The van der Waals surface area contributed by atoms with Crippen LogP contribution < -0.4 is 15.0 Å². The minimum Gasteiger partial charge on any atom is -0.484 e. The largest absolute Gasteiger partial charge is 0.484 e. The first kappa shape index (κ1) is 19.9. The van der Waals surface area contributed by atoms with E-state index in [0.717, 1.165) is 25.8 Å². The number of hydrogen-bond donors (Lipinski definition) is 1. The van der Waals surface area contributed by atoms with Crippen LogP contribution >= 0.6 is 11.6 Å². The van der Waals surface area contributed by atoms with Crippen LogP contribution in [-0.2, 0) is 4.79 Å². The second-order valence-electron chi connectivity index (χ2n) is 6.77. The summed E-state index contributed by atoms with van der Waals surface area (Å²) >= 11 is 6.20. The number of nitrogens with one attached hydrogen (secondary N) is 1. The molecule has 1 aliphatic rings. The first-order chi connectivity index (χ1) is 13.5. The monoisotopic (exact) mass is 403 g/mol. The van der Waals surface area contributed by atoms with E-state index in [-0.39, 0.29) is 23.4 Å². The lowest BCUT2D eigenvalue weighted by Gasteiger charge is -2.35. The molecule has 28 heavy (non-hydrogen) atoms. The van der Waals surface area contributed by atoms with Crippen LogP contribution in [0.1, 0.15) is 26.2 Å². The van der Waals surface area contributed by atoms with Crippen LogP contribution in [0.2, 0.25) is 5.02 Å². The summed E-state index contributed by atoms with van der Waals surface area (Å²) in [6.07, 6.45) is 3.03. The molecule has 1 saturated heterocycles. The van der Waals surface area contributed by atoms with Gasteiger partial charge in [-0.1, -0.05) is 29.8 Å². The van der Waals surface area contributed by atoms with E-state index in [4.69, 9.17) is 16.3 Å². The number of anilines is 2. The van der Waals surface area contributed by atoms with E-state index in [0.29, 0.717) is 17.1 Å². The molecule has 7 nitrogen and oxygen atoms in total. The van der Waals surface area contributed by atoms with Crippen molar-refractivity contribution in [2.45, 2.75) is 32.2 Å². The van der Waals surface area contributed by atoms with Crippen molar-refractivity contribution in [3.8, 4) is 5.75 Å². The van der Waals surface area contributed by atoms with Crippen molar-refractivity contribution in [3.63, 3.8) is 0 Å². The van der Waals surface area contributed by atoms with E-state index in [9.17, 15) is 14.9 Å². The molecule has 1 N–H and O–H groups in total. The molecule has 1 amide bonds. The predicted molar refractivity (Wildman–Crippen MR) is 109 cm³/mol. The Balaban J connectivity index is 1.79. The Bertz CT molecular complexity index is 860. The predicted octanol–water partition coefficient (Wildman–Crippen LogP) is 4.64. The van der Waals surface area contributed by atoms with Gasteiger partial charge in [0, 0.05) is 18.7 Å². The molecule has 3 rings (SSSR count). The van der Waals surface area contributed by atoms with Crippen molar-refractivity contribution in [1.29, 1.82) is 0 Å². The van der Waals surface area contributed by atoms with Gasteiger partial charge in [0.1, 0.15) is 11.4 Å². The van der Waals surface area contributed by atoms with Crippen molar-refractivity contribution in [2.75, 3.05) is 23.4 Å². The molecular formula is C20H22ClN3O4. The average Bonchev–Trinajstić information content (AvgIpc) is 2.69. The zero-order valence-electron chi connectivity index (χ0n) is 15.6. The summed E-state index contributed by atoms with van der Waals surface area (Å²) < 4.78 is 5.43. The van der Waals surface area contributed by atoms with Gasteiger partial charge in [-0.05, 0) is 44.4 Å². The zero-order chi connectivity index (χ0) is 20.1. The van der Waals surface area contributed by atoms with Gasteiger partial charge < -0.3 is 15.0 Å². The van der Waals surface area contributed by atoms with Crippen molar-refractivity contribution in [2.24, 2.45) is 0 Å². The van der Waals surface area contributed by atoms with E-state index in [1.54, 1.807) is 18.2 Å². The molecule has 1 fully saturated rings. The Morgan fingerprint density at radius 3 is 2.75 bits per heavy atom. The average molecular weight is 404 g/mol. The molecule has 0 spiro atoms. The third-order valence-electron chi connectivity index (χ3n) is 4.76. The molecule has 8 heteroatoms. The normalized spacial score (nSPS) is 16.5. The Kier molecular flexibility index (Phi) is 6.36. The number of para-hydroxylation sites is 1. The lowest BCUT2D eigenvalue weighted by Crippen LogP contribution is -2.37. The van der Waals surface area contributed by atoms with Crippen molar-refractivity contribution >= 4 is 34.6 Å². The van der Waals surface area contributed by atoms with E-state index in [2.05, 4.69) is 5.32 Å². The van der Waals surface area contributed by atoms with Gasteiger partial charge in [-0.25, -0.2) is 0 Å². The molecule has 0 saturated carbocycles. The molecule has 1 heterocycles. The van der Waals surface area contributed by atoms with E-state index < -0.39 is 10.8 Å². The summed E-state index contributed by atoms with van der Waals surface area (Å²) in [5, 5.41) is 14.3. The van der Waals surface area contributed by atoms with Gasteiger partial charge in [0.2, 0.25) is 0 Å². The van der Waals surface area contributed by atoms with Gasteiger partial charge in [-0.3, -0.25) is 14.9 Å². The molecule has 0 radical (unpaired) electrons. The lowest BCUT2D eigenvalue weighted by molar-refractivity contribution is -0.384. The summed E-state index contributed by atoms with van der Waals surface area (Å²) in [7, 11) is 0. The minimum atomic E-state index is -0.438. The molecule has 1 unspecified atom stereocenters. The smallest absolute Gasteiger partial charge is 0.294 e. The second-order valence-corrected chi connectivity index (χ2v) is 7.17. The van der Waals surface area contributed by atoms with E-state index in [1.165, 1.54) is 6.07 Å². The fourth-order valence-electron chi connectivity index (χ4n) is 3.33. The fourth-order valence-corrected chi connectivity index (χ4v) is 3.54. The minimum absolute atomic E-state index is 0.0581. The van der Waals surface area contributed by atoms with Crippen LogP contribution in [0.3, 0.4) is 0 Å². The number of ether oxygens (including phenoxy) is 1. The van der Waals surface area contributed by atoms with Crippen molar-refractivity contribution in [1.82, 2.24) is 0 Å². The van der Waals surface area contributed by atoms with E-state index in [1.807, 2.05) is 30.0 Å². The molecule has 2 aromatic carbocycles. The highest BCUT2D eigenvalue weighted by atomic mass is 35.5. The quantitative estimate of drug-likeness (QED) is 0.560. The number of piperidine rings is 1. The number of hydrogen-bond acceptors (Lipinski definition) is 5. The van der Waals surface area contributed by atoms with Gasteiger partial charge >= 0.3 is 0 Å². The Morgan fingerprint density at radius 1 is 1.32 bits per heavy atom. The molecule has 0 aliphatic carbocycles. The number of carbonyl (C=O) groups is 1. The molecular weight excluding hydrogens is 382 g/mol. The molecule has 0 aromatic heterocycles.